The summed E-state index contributed by atoms with van der Waals surface area (Å²) in [5, 5.41) is 2.63. The van der Waals surface area contributed by atoms with E-state index in [1.54, 1.807) is 43.6 Å². The number of hydrogen-bond donors (Lipinski definition) is 1. The summed E-state index contributed by atoms with van der Waals surface area (Å²) in [6, 6.07) is 10.2. The summed E-state index contributed by atoms with van der Waals surface area (Å²) < 4.78 is 10.6. The molecule has 0 spiro atoms. The predicted octanol–water partition coefficient (Wildman–Crippen LogP) is 2.63. The van der Waals surface area contributed by atoms with Crippen molar-refractivity contribution in [1.82, 2.24) is 10.2 Å². The first-order valence-corrected chi connectivity index (χ1v) is 7.83. The van der Waals surface area contributed by atoms with Crippen LogP contribution in [0.5, 0.6) is 5.75 Å². The summed E-state index contributed by atoms with van der Waals surface area (Å²) in [6.45, 7) is 4.26. The molecule has 0 radical (unpaired) electrons. The number of likely N-dealkylation sites (N-methyl/N-ethyl adjacent to an activating group) is 1. The van der Waals surface area contributed by atoms with Gasteiger partial charge in [-0.15, -0.1) is 0 Å². The van der Waals surface area contributed by atoms with Crippen LogP contribution >= 0.6 is 0 Å². The van der Waals surface area contributed by atoms with Crippen LogP contribution in [0.4, 0.5) is 0 Å². The summed E-state index contributed by atoms with van der Waals surface area (Å²) in [4.78, 5) is 25.8. The van der Waals surface area contributed by atoms with E-state index >= 15 is 0 Å². The number of furan rings is 1. The predicted molar refractivity (Wildman–Crippen MR) is 89.8 cm³/mol. The zero-order valence-corrected chi connectivity index (χ0v) is 14.1. The average Bonchev–Trinajstić information content (AvgIpc) is 3.13. The molecule has 128 valence electrons. The number of benzene rings is 1. The van der Waals surface area contributed by atoms with Gasteiger partial charge in [-0.25, -0.2) is 0 Å². The van der Waals surface area contributed by atoms with Crippen molar-refractivity contribution in [2.45, 2.75) is 19.9 Å². The second kappa shape index (κ2) is 8.19. The van der Waals surface area contributed by atoms with Gasteiger partial charge in [0, 0.05) is 12.6 Å². The first kappa shape index (κ1) is 17.6. The zero-order chi connectivity index (χ0) is 17.5. The number of ether oxygens (including phenoxy) is 1. The van der Waals surface area contributed by atoms with E-state index in [1.165, 1.54) is 4.90 Å². The molecule has 1 unspecified atom stereocenters. The molecular formula is C18H22N2O4. The summed E-state index contributed by atoms with van der Waals surface area (Å²) in [6.07, 6.45) is 1.57. The molecule has 0 aliphatic carbocycles. The monoisotopic (exact) mass is 330 g/mol. The van der Waals surface area contributed by atoms with Gasteiger partial charge in [0.15, 0.2) is 0 Å². The molecule has 1 atom stereocenters. The zero-order valence-electron chi connectivity index (χ0n) is 14.1. The Bertz CT molecular complexity index is 665. The molecule has 2 amide bonds. The van der Waals surface area contributed by atoms with E-state index in [4.69, 9.17) is 9.15 Å². The highest BCUT2D eigenvalue weighted by molar-refractivity contribution is 5.96. The van der Waals surface area contributed by atoms with E-state index in [1.807, 2.05) is 19.9 Å². The van der Waals surface area contributed by atoms with Gasteiger partial charge in [0.1, 0.15) is 11.5 Å². The van der Waals surface area contributed by atoms with Crippen LogP contribution in [0.3, 0.4) is 0 Å². The third-order valence-corrected chi connectivity index (χ3v) is 3.76. The molecule has 1 aromatic carbocycles. The Morgan fingerprint density at radius 3 is 2.54 bits per heavy atom. The summed E-state index contributed by atoms with van der Waals surface area (Å²) in [5.74, 6) is 0.907. The van der Waals surface area contributed by atoms with Crippen LogP contribution in [0, 0.1) is 0 Å². The van der Waals surface area contributed by atoms with Gasteiger partial charge in [-0.05, 0) is 50.2 Å². The maximum absolute atomic E-state index is 12.2. The van der Waals surface area contributed by atoms with Crippen molar-refractivity contribution in [2.75, 3.05) is 20.2 Å². The number of carbonyl (C=O) groups excluding carboxylic acids is 2. The van der Waals surface area contributed by atoms with E-state index in [0.717, 1.165) is 0 Å². The maximum atomic E-state index is 12.2. The first-order chi connectivity index (χ1) is 11.5. The molecule has 0 fully saturated rings. The van der Waals surface area contributed by atoms with Gasteiger partial charge in [-0.1, -0.05) is 0 Å². The van der Waals surface area contributed by atoms with Crippen molar-refractivity contribution in [3.8, 4) is 5.75 Å². The van der Waals surface area contributed by atoms with Crippen molar-refractivity contribution in [3.05, 3.63) is 54.0 Å². The van der Waals surface area contributed by atoms with Crippen LogP contribution in [0.25, 0.3) is 0 Å². The van der Waals surface area contributed by atoms with Gasteiger partial charge in [-0.3, -0.25) is 9.59 Å². The maximum Gasteiger partial charge on any atom is 0.251 e. The molecular weight excluding hydrogens is 308 g/mol. The smallest absolute Gasteiger partial charge is 0.251 e. The summed E-state index contributed by atoms with van der Waals surface area (Å²) >= 11 is 0. The van der Waals surface area contributed by atoms with E-state index in [2.05, 4.69) is 5.32 Å². The lowest BCUT2D eigenvalue weighted by Gasteiger charge is -2.23. The van der Waals surface area contributed by atoms with Crippen molar-refractivity contribution < 1.29 is 18.7 Å². The number of nitrogens with one attached hydrogen (secondary N) is 1. The Hall–Kier alpha value is -2.76. The lowest BCUT2D eigenvalue weighted by Crippen LogP contribution is -2.39. The molecule has 6 heteroatoms. The Morgan fingerprint density at radius 1 is 1.25 bits per heavy atom. The van der Waals surface area contributed by atoms with Crippen molar-refractivity contribution >= 4 is 11.8 Å². The highest BCUT2D eigenvalue weighted by atomic mass is 16.5. The number of nitrogens with zero attached hydrogens (tertiary/aromatic N) is 1. The van der Waals surface area contributed by atoms with Crippen LogP contribution < -0.4 is 10.1 Å². The minimum atomic E-state index is -0.301. The van der Waals surface area contributed by atoms with Crippen molar-refractivity contribution in [2.24, 2.45) is 0 Å². The Balaban J connectivity index is 1.87. The summed E-state index contributed by atoms with van der Waals surface area (Å²) in [7, 11) is 1.68. The SMILES string of the molecule is CCOc1ccc(C(=O)NCC(=O)N(C)C(C)c2ccco2)cc1. The second-order valence-electron chi connectivity index (χ2n) is 5.34. The average molecular weight is 330 g/mol. The molecule has 1 aromatic heterocycles. The molecule has 1 heterocycles. The highest BCUT2D eigenvalue weighted by Gasteiger charge is 2.19. The molecule has 24 heavy (non-hydrogen) atoms. The number of hydrogen-bond acceptors (Lipinski definition) is 4. The number of amides is 2. The highest BCUT2D eigenvalue weighted by Crippen LogP contribution is 2.18. The minimum absolute atomic E-state index is 0.0758. The first-order valence-electron chi connectivity index (χ1n) is 7.83. The number of carbonyl (C=O) groups is 2. The van der Waals surface area contributed by atoms with E-state index in [0.29, 0.717) is 23.7 Å². The number of rotatable bonds is 7. The van der Waals surface area contributed by atoms with Crippen molar-refractivity contribution in [1.29, 1.82) is 0 Å². The van der Waals surface area contributed by atoms with Gasteiger partial charge in [0.25, 0.3) is 5.91 Å². The fourth-order valence-electron chi connectivity index (χ4n) is 2.19. The topological polar surface area (TPSA) is 71.8 Å². The van der Waals surface area contributed by atoms with Gasteiger partial charge in [0.05, 0.1) is 25.5 Å². The van der Waals surface area contributed by atoms with Gasteiger partial charge in [-0.2, -0.15) is 0 Å². The normalized spacial score (nSPS) is 11.6. The lowest BCUT2D eigenvalue weighted by molar-refractivity contribution is -0.131. The fourth-order valence-corrected chi connectivity index (χ4v) is 2.19. The molecule has 0 bridgehead atoms. The molecule has 2 aromatic rings. The Labute approximate surface area is 141 Å². The van der Waals surface area contributed by atoms with Crippen molar-refractivity contribution in [3.63, 3.8) is 0 Å². The quantitative estimate of drug-likeness (QED) is 0.847. The molecule has 0 saturated heterocycles. The Kier molecular flexibility index (Phi) is 6.01. The molecule has 0 saturated carbocycles. The molecule has 1 N–H and O–H groups in total. The lowest BCUT2D eigenvalue weighted by atomic mass is 10.2. The standard InChI is InChI=1S/C18H22N2O4/c1-4-23-15-9-7-14(8-10-15)18(22)19-12-17(21)20(3)13(2)16-6-5-11-24-16/h5-11,13H,4,12H2,1-3H3,(H,19,22). The molecule has 0 aliphatic heterocycles. The van der Waals surface area contributed by atoms with Crippen LogP contribution in [0.1, 0.15) is 36.0 Å². The fraction of sp³-hybridized carbons (Fsp3) is 0.333. The van der Waals surface area contributed by atoms with Gasteiger partial charge < -0.3 is 19.4 Å². The summed E-state index contributed by atoms with van der Waals surface area (Å²) in [5.41, 5.74) is 0.480. The van der Waals surface area contributed by atoms with E-state index in [-0.39, 0.29) is 24.4 Å². The molecule has 2 rings (SSSR count). The van der Waals surface area contributed by atoms with E-state index in [9.17, 15) is 9.59 Å². The van der Waals surface area contributed by atoms with E-state index < -0.39 is 0 Å². The largest absolute Gasteiger partial charge is 0.494 e. The second-order valence-corrected chi connectivity index (χ2v) is 5.34. The third-order valence-electron chi connectivity index (χ3n) is 3.76. The minimum Gasteiger partial charge on any atom is -0.494 e. The Morgan fingerprint density at radius 2 is 1.96 bits per heavy atom. The van der Waals surface area contributed by atoms with Crippen LogP contribution in [-0.4, -0.2) is 36.9 Å². The van der Waals surface area contributed by atoms with Crippen LogP contribution in [0.2, 0.25) is 0 Å². The van der Waals surface area contributed by atoms with Crippen LogP contribution in [-0.2, 0) is 4.79 Å². The van der Waals surface area contributed by atoms with Gasteiger partial charge in [0.2, 0.25) is 5.91 Å². The third kappa shape index (κ3) is 4.38. The molecule has 6 nitrogen and oxygen atoms in total. The van der Waals surface area contributed by atoms with Crippen LogP contribution in [0.15, 0.2) is 47.1 Å². The molecule has 0 aliphatic rings. The van der Waals surface area contributed by atoms with Gasteiger partial charge >= 0.3 is 0 Å².